The van der Waals surface area contributed by atoms with Crippen molar-refractivity contribution in [3.05, 3.63) is 34.1 Å². The normalized spacial score (nSPS) is 17.5. The zero-order valence-electron chi connectivity index (χ0n) is 11.5. The van der Waals surface area contributed by atoms with Crippen LogP contribution < -0.4 is 4.90 Å². The molecule has 1 N–H and O–H groups in total. The number of halogens is 1. The van der Waals surface area contributed by atoms with Gasteiger partial charge in [-0.3, -0.25) is 19.8 Å². The van der Waals surface area contributed by atoms with Crippen molar-refractivity contribution >= 4 is 17.3 Å². The number of non-ortho nitro benzene ring substituents is 1. The number of nitro groups is 1. The minimum absolute atomic E-state index is 0.286. The van der Waals surface area contributed by atoms with Gasteiger partial charge in [0, 0.05) is 37.9 Å². The number of carboxylic acid groups (broad SMARTS) is 1. The Labute approximate surface area is 120 Å². The molecule has 0 aliphatic carbocycles. The highest BCUT2D eigenvalue weighted by Crippen LogP contribution is 2.24. The van der Waals surface area contributed by atoms with E-state index in [4.69, 9.17) is 5.11 Å². The molecule has 0 amide bonds. The molecule has 8 heteroatoms. The molecule has 1 saturated heterocycles. The van der Waals surface area contributed by atoms with Gasteiger partial charge in [0.25, 0.3) is 5.69 Å². The molecule has 0 radical (unpaired) electrons. The summed E-state index contributed by atoms with van der Waals surface area (Å²) in [5, 5.41) is 19.7. The second kappa shape index (κ2) is 6.04. The number of benzene rings is 1. The number of hydrogen-bond acceptors (Lipinski definition) is 5. The van der Waals surface area contributed by atoms with Gasteiger partial charge in [0.15, 0.2) is 0 Å². The molecule has 21 heavy (non-hydrogen) atoms. The maximum Gasteiger partial charge on any atom is 0.320 e. The molecule has 1 aliphatic heterocycles. The van der Waals surface area contributed by atoms with E-state index >= 15 is 0 Å². The van der Waals surface area contributed by atoms with Gasteiger partial charge in [0.1, 0.15) is 11.9 Å². The molecular formula is C13H16FN3O4. The zero-order valence-corrected chi connectivity index (χ0v) is 11.5. The number of nitrogens with zero attached hydrogens (tertiary/aromatic N) is 3. The molecule has 0 bridgehead atoms. The lowest BCUT2D eigenvalue weighted by Crippen LogP contribution is -2.51. The first-order chi connectivity index (χ1) is 9.88. The third-order valence-electron chi connectivity index (χ3n) is 3.66. The molecule has 1 aromatic rings. The van der Waals surface area contributed by atoms with E-state index < -0.39 is 22.8 Å². The number of aliphatic carboxylic acids is 1. The summed E-state index contributed by atoms with van der Waals surface area (Å²) in [6, 6.07) is 2.89. The number of carboxylic acids is 1. The van der Waals surface area contributed by atoms with E-state index in [9.17, 15) is 19.3 Å². The van der Waals surface area contributed by atoms with Gasteiger partial charge in [0.05, 0.1) is 11.0 Å². The van der Waals surface area contributed by atoms with Crippen LogP contribution >= 0.6 is 0 Å². The van der Waals surface area contributed by atoms with Crippen molar-refractivity contribution in [3.8, 4) is 0 Å². The summed E-state index contributed by atoms with van der Waals surface area (Å²) >= 11 is 0. The Hall–Kier alpha value is -2.22. The van der Waals surface area contributed by atoms with E-state index in [-0.39, 0.29) is 5.69 Å². The fraction of sp³-hybridized carbons (Fsp3) is 0.462. The van der Waals surface area contributed by atoms with E-state index in [1.165, 1.54) is 12.1 Å². The molecule has 0 saturated carbocycles. The molecule has 1 atom stereocenters. The summed E-state index contributed by atoms with van der Waals surface area (Å²) in [6.07, 6.45) is 0. The molecule has 0 aromatic heterocycles. The Morgan fingerprint density at radius 3 is 2.48 bits per heavy atom. The van der Waals surface area contributed by atoms with E-state index in [1.54, 1.807) is 6.92 Å². The number of carbonyl (C=O) groups is 1. The van der Waals surface area contributed by atoms with Gasteiger partial charge in [0.2, 0.25) is 0 Å². The van der Waals surface area contributed by atoms with Crippen LogP contribution in [0.3, 0.4) is 0 Å². The molecule has 0 spiro atoms. The summed E-state index contributed by atoms with van der Waals surface area (Å²) in [4.78, 5) is 24.7. The van der Waals surface area contributed by atoms with Crippen LogP contribution in [0.15, 0.2) is 18.2 Å². The van der Waals surface area contributed by atoms with Gasteiger partial charge in [-0.25, -0.2) is 4.39 Å². The van der Waals surface area contributed by atoms with Crippen LogP contribution in [0.5, 0.6) is 0 Å². The fourth-order valence-electron chi connectivity index (χ4n) is 2.37. The number of hydrogen-bond donors (Lipinski definition) is 1. The molecule has 1 aromatic carbocycles. The highest BCUT2D eigenvalue weighted by Gasteiger charge is 2.26. The maximum absolute atomic E-state index is 13.4. The first-order valence-corrected chi connectivity index (χ1v) is 6.55. The molecule has 1 heterocycles. The Balaban J connectivity index is 2.09. The molecule has 7 nitrogen and oxygen atoms in total. The largest absolute Gasteiger partial charge is 0.480 e. The van der Waals surface area contributed by atoms with Gasteiger partial charge in [-0.1, -0.05) is 0 Å². The zero-order chi connectivity index (χ0) is 15.6. The smallest absolute Gasteiger partial charge is 0.320 e. The Kier molecular flexibility index (Phi) is 4.37. The van der Waals surface area contributed by atoms with Crippen molar-refractivity contribution < 1.29 is 19.2 Å². The van der Waals surface area contributed by atoms with Gasteiger partial charge < -0.3 is 10.0 Å². The van der Waals surface area contributed by atoms with E-state index in [2.05, 4.69) is 0 Å². The van der Waals surface area contributed by atoms with Crippen LogP contribution in [-0.4, -0.2) is 53.1 Å². The van der Waals surface area contributed by atoms with Crippen molar-refractivity contribution in [1.29, 1.82) is 0 Å². The maximum atomic E-state index is 13.4. The standard InChI is InChI=1S/C13H16FN3O4/c1-9(13(18)19)15-2-4-16(5-3-15)11-6-10(14)7-12(8-11)17(20)21/h6-9H,2-5H2,1H3,(H,18,19). The summed E-state index contributed by atoms with van der Waals surface area (Å²) in [6.45, 7) is 3.64. The highest BCUT2D eigenvalue weighted by atomic mass is 19.1. The SMILES string of the molecule is CC(C(=O)O)N1CCN(c2cc(F)cc([N+](=O)[O-])c2)CC1. The number of anilines is 1. The van der Waals surface area contributed by atoms with Crippen LogP contribution in [0.2, 0.25) is 0 Å². The average molecular weight is 297 g/mol. The lowest BCUT2D eigenvalue weighted by Gasteiger charge is -2.37. The van der Waals surface area contributed by atoms with Gasteiger partial charge in [-0.15, -0.1) is 0 Å². The van der Waals surface area contributed by atoms with E-state index in [0.717, 1.165) is 6.07 Å². The van der Waals surface area contributed by atoms with Crippen LogP contribution in [0.25, 0.3) is 0 Å². The minimum Gasteiger partial charge on any atom is -0.480 e. The van der Waals surface area contributed by atoms with Crippen molar-refractivity contribution in [2.75, 3.05) is 31.1 Å². The first kappa shape index (κ1) is 15.2. The second-order valence-corrected chi connectivity index (χ2v) is 4.96. The van der Waals surface area contributed by atoms with Crippen molar-refractivity contribution in [2.24, 2.45) is 0 Å². The minimum atomic E-state index is -0.884. The van der Waals surface area contributed by atoms with Gasteiger partial charge in [-0.2, -0.15) is 0 Å². The van der Waals surface area contributed by atoms with Crippen molar-refractivity contribution in [1.82, 2.24) is 4.90 Å². The number of nitro benzene ring substituents is 1. The Morgan fingerprint density at radius 1 is 1.33 bits per heavy atom. The quantitative estimate of drug-likeness (QED) is 0.666. The molecule has 1 unspecified atom stereocenters. The van der Waals surface area contributed by atoms with Gasteiger partial charge >= 0.3 is 5.97 Å². The molecule has 2 rings (SSSR count). The van der Waals surface area contributed by atoms with Crippen LogP contribution in [-0.2, 0) is 4.79 Å². The van der Waals surface area contributed by atoms with Crippen LogP contribution in [0, 0.1) is 15.9 Å². The van der Waals surface area contributed by atoms with Crippen LogP contribution in [0.1, 0.15) is 6.92 Å². The summed E-state index contributed by atoms with van der Waals surface area (Å²) in [5.74, 6) is -1.54. The predicted octanol–water partition coefficient (Wildman–Crippen LogP) is 1.33. The van der Waals surface area contributed by atoms with Gasteiger partial charge in [-0.05, 0) is 13.0 Å². The topological polar surface area (TPSA) is 86.9 Å². The summed E-state index contributed by atoms with van der Waals surface area (Å²) in [5.41, 5.74) is 0.163. The molecule has 114 valence electrons. The Morgan fingerprint density at radius 2 is 1.95 bits per heavy atom. The highest BCUT2D eigenvalue weighted by molar-refractivity contribution is 5.73. The third-order valence-corrected chi connectivity index (χ3v) is 3.66. The molecule has 1 aliphatic rings. The number of piperazine rings is 1. The summed E-state index contributed by atoms with van der Waals surface area (Å²) in [7, 11) is 0. The molecule has 1 fully saturated rings. The molecular weight excluding hydrogens is 281 g/mol. The lowest BCUT2D eigenvalue weighted by atomic mass is 10.2. The summed E-state index contributed by atoms with van der Waals surface area (Å²) < 4.78 is 13.4. The van der Waals surface area contributed by atoms with Crippen molar-refractivity contribution in [2.45, 2.75) is 13.0 Å². The third kappa shape index (κ3) is 3.46. The van der Waals surface area contributed by atoms with Crippen molar-refractivity contribution in [3.63, 3.8) is 0 Å². The second-order valence-electron chi connectivity index (χ2n) is 4.96. The monoisotopic (exact) mass is 297 g/mol. The van der Waals surface area contributed by atoms with E-state index in [1.807, 2.05) is 9.80 Å². The lowest BCUT2D eigenvalue weighted by molar-refractivity contribution is -0.385. The Bertz CT molecular complexity index is 558. The van der Waals surface area contributed by atoms with Crippen LogP contribution in [0.4, 0.5) is 15.8 Å². The average Bonchev–Trinajstić information content (AvgIpc) is 2.45. The number of rotatable bonds is 4. The predicted molar refractivity (Wildman–Crippen MR) is 73.9 cm³/mol. The first-order valence-electron chi connectivity index (χ1n) is 6.55. The fourth-order valence-corrected chi connectivity index (χ4v) is 2.37. The van der Waals surface area contributed by atoms with E-state index in [0.29, 0.717) is 31.9 Å².